The molecule has 1 heterocycles. The number of halogens is 1. The lowest BCUT2D eigenvalue weighted by Gasteiger charge is -2.38. The number of nitrogens with zero attached hydrogens (tertiary/aromatic N) is 1. The monoisotopic (exact) mass is 309 g/mol. The van der Waals surface area contributed by atoms with Gasteiger partial charge < -0.3 is 5.73 Å². The minimum Gasteiger partial charge on any atom is -0.387 e. The predicted molar refractivity (Wildman–Crippen MR) is 78.7 cm³/mol. The molecule has 4 heteroatoms. The Labute approximate surface area is 117 Å². The Balaban J connectivity index is 1.91. The Bertz CT molecular complexity index is 419. The highest BCUT2D eigenvalue weighted by Gasteiger charge is 2.32. The zero-order valence-corrected chi connectivity index (χ0v) is 12.3. The summed E-state index contributed by atoms with van der Waals surface area (Å²) in [6.07, 6.45) is 1.97. The Kier molecular flexibility index (Phi) is 4.07. The zero-order chi connectivity index (χ0) is 13.2. The topological polar surface area (TPSA) is 53.1 Å². The number of likely N-dealkylation sites (tertiary alicyclic amines) is 1. The van der Waals surface area contributed by atoms with Crippen LogP contribution in [0.1, 0.15) is 25.3 Å². The molecule has 1 aromatic carbocycles. The summed E-state index contributed by atoms with van der Waals surface area (Å²) >= 11 is 3.45. The van der Waals surface area contributed by atoms with E-state index in [2.05, 4.69) is 52.0 Å². The lowest BCUT2D eigenvalue weighted by molar-refractivity contribution is 0.156. The van der Waals surface area contributed by atoms with E-state index in [0.29, 0.717) is 5.84 Å². The lowest BCUT2D eigenvalue weighted by Crippen LogP contribution is -2.44. The van der Waals surface area contributed by atoms with Gasteiger partial charge in [-0.15, -0.1) is 0 Å². The normalized spacial score (nSPS) is 19.7. The third kappa shape index (κ3) is 3.12. The van der Waals surface area contributed by atoms with E-state index in [1.807, 2.05) is 0 Å². The molecule has 0 aromatic heterocycles. The molecule has 0 unspecified atom stereocenters. The highest BCUT2D eigenvalue weighted by atomic mass is 79.9. The number of piperidine rings is 1. The van der Waals surface area contributed by atoms with E-state index in [4.69, 9.17) is 11.1 Å². The molecule has 1 saturated heterocycles. The van der Waals surface area contributed by atoms with Crippen LogP contribution in [0.2, 0.25) is 0 Å². The fourth-order valence-electron chi connectivity index (χ4n) is 2.32. The Morgan fingerprint density at radius 3 is 2.39 bits per heavy atom. The molecule has 0 bridgehead atoms. The molecule has 0 aliphatic carbocycles. The van der Waals surface area contributed by atoms with Gasteiger partial charge in [0.25, 0.3) is 0 Å². The number of nitrogens with two attached hydrogens (primary N) is 1. The van der Waals surface area contributed by atoms with Crippen molar-refractivity contribution in [3.05, 3.63) is 34.3 Å². The Hall–Kier alpha value is -0.870. The molecule has 3 N–H and O–H groups in total. The molecule has 98 valence electrons. The predicted octanol–water partition coefficient (Wildman–Crippen LogP) is 2.99. The molecule has 3 nitrogen and oxygen atoms in total. The second-order valence-corrected chi connectivity index (χ2v) is 6.29. The van der Waals surface area contributed by atoms with Gasteiger partial charge in [0.15, 0.2) is 0 Å². The average Bonchev–Trinajstić information content (AvgIpc) is 2.35. The van der Waals surface area contributed by atoms with Crippen molar-refractivity contribution in [3.63, 3.8) is 0 Å². The highest BCUT2D eigenvalue weighted by molar-refractivity contribution is 9.10. The fourth-order valence-corrected chi connectivity index (χ4v) is 2.59. The van der Waals surface area contributed by atoms with Crippen molar-refractivity contribution >= 4 is 21.8 Å². The quantitative estimate of drug-likeness (QED) is 0.666. The van der Waals surface area contributed by atoms with Crippen LogP contribution in [0, 0.1) is 10.8 Å². The van der Waals surface area contributed by atoms with Crippen LogP contribution >= 0.6 is 15.9 Å². The first-order valence-electron chi connectivity index (χ1n) is 6.31. The minimum atomic E-state index is -0.0871. The van der Waals surface area contributed by atoms with Crippen molar-refractivity contribution in [2.45, 2.75) is 26.3 Å². The van der Waals surface area contributed by atoms with Crippen molar-refractivity contribution in [2.24, 2.45) is 11.1 Å². The van der Waals surface area contributed by atoms with Gasteiger partial charge in [0.2, 0.25) is 0 Å². The van der Waals surface area contributed by atoms with Gasteiger partial charge in [-0.2, -0.15) is 0 Å². The summed E-state index contributed by atoms with van der Waals surface area (Å²) in [7, 11) is 0. The standard InChI is InChI=1S/C14H20BrN3/c1-14(13(16)17)6-8-18(9-7-14)10-11-2-4-12(15)5-3-11/h2-5H,6-10H2,1H3,(H3,16,17). The lowest BCUT2D eigenvalue weighted by atomic mass is 9.79. The van der Waals surface area contributed by atoms with Crippen LogP contribution in [0.15, 0.2) is 28.7 Å². The molecule has 18 heavy (non-hydrogen) atoms. The molecule has 1 aliphatic rings. The summed E-state index contributed by atoms with van der Waals surface area (Å²) in [6, 6.07) is 8.48. The summed E-state index contributed by atoms with van der Waals surface area (Å²) in [6.45, 7) is 5.13. The largest absolute Gasteiger partial charge is 0.387 e. The summed E-state index contributed by atoms with van der Waals surface area (Å²) in [5.41, 5.74) is 6.93. The molecule has 0 radical (unpaired) electrons. The first-order chi connectivity index (χ1) is 8.49. The smallest absolute Gasteiger partial charge is 0.0966 e. The highest BCUT2D eigenvalue weighted by Crippen LogP contribution is 2.31. The summed E-state index contributed by atoms with van der Waals surface area (Å²) in [5.74, 6) is 0.339. The van der Waals surface area contributed by atoms with Crippen LogP contribution in [0.4, 0.5) is 0 Å². The van der Waals surface area contributed by atoms with E-state index >= 15 is 0 Å². The van der Waals surface area contributed by atoms with Gasteiger partial charge in [-0.25, -0.2) is 0 Å². The minimum absolute atomic E-state index is 0.0871. The van der Waals surface area contributed by atoms with Gasteiger partial charge in [0.05, 0.1) is 5.84 Å². The molecule has 0 saturated carbocycles. The SMILES string of the molecule is CC1(C(=N)N)CCN(Cc2ccc(Br)cc2)CC1. The van der Waals surface area contributed by atoms with Crippen LogP contribution in [-0.4, -0.2) is 23.8 Å². The maximum absolute atomic E-state index is 7.65. The molecule has 1 fully saturated rings. The number of nitrogens with one attached hydrogen (secondary N) is 1. The molecular formula is C14H20BrN3. The van der Waals surface area contributed by atoms with Gasteiger partial charge in [-0.1, -0.05) is 35.0 Å². The van der Waals surface area contributed by atoms with E-state index in [1.165, 1.54) is 5.56 Å². The number of benzene rings is 1. The fraction of sp³-hybridized carbons (Fsp3) is 0.500. The van der Waals surface area contributed by atoms with Crippen LogP contribution in [0.25, 0.3) is 0 Å². The third-order valence-electron chi connectivity index (χ3n) is 3.93. The maximum atomic E-state index is 7.65. The van der Waals surface area contributed by atoms with Crippen LogP contribution < -0.4 is 5.73 Å². The van der Waals surface area contributed by atoms with Crippen molar-refractivity contribution in [2.75, 3.05) is 13.1 Å². The van der Waals surface area contributed by atoms with Gasteiger partial charge >= 0.3 is 0 Å². The summed E-state index contributed by atoms with van der Waals surface area (Å²) in [4.78, 5) is 2.44. The Morgan fingerprint density at radius 1 is 1.33 bits per heavy atom. The number of amidine groups is 1. The zero-order valence-electron chi connectivity index (χ0n) is 10.7. The third-order valence-corrected chi connectivity index (χ3v) is 4.46. The molecule has 0 amide bonds. The van der Waals surface area contributed by atoms with Crippen molar-refractivity contribution in [1.82, 2.24) is 4.90 Å². The van der Waals surface area contributed by atoms with Gasteiger partial charge in [-0.05, 0) is 43.6 Å². The number of hydrogen-bond acceptors (Lipinski definition) is 2. The van der Waals surface area contributed by atoms with Crippen molar-refractivity contribution in [1.29, 1.82) is 5.41 Å². The van der Waals surface area contributed by atoms with Crippen LogP contribution in [-0.2, 0) is 6.54 Å². The van der Waals surface area contributed by atoms with E-state index in [1.54, 1.807) is 0 Å². The number of hydrogen-bond donors (Lipinski definition) is 2. The first-order valence-corrected chi connectivity index (χ1v) is 7.10. The summed E-state index contributed by atoms with van der Waals surface area (Å²) in [5, 5.41) is 7.65. The maximum Gasteiger partial charge on any atom is 0.0966 e. The molecule has 1 aromatic rings. The van der Waals surface area contributed by atoms with E-state index in [0.717, 1.165) is 36.9 Å². The van der Waals surface area contributed by atoms with E-state index in [-0.39, 0.29) is 5.41 Å². The molecular weight excluding hydrogens is 290 g/mol. The van der Waals surface area contributed by atoms with Crippen molar-refractivity contribution < 1.29 is 0 Å². The second kappa shape index (κ2) is 5.41. The molecule has 0 spiro atoms. The first kappa shape index (κ1) is 13.6. The Morgan fingerprint density at radius 2 is 1.89 bits per heavy atom. The van der Waals surface area contributed by atoms with Gasteiger partial charge in [0, 0.05) is 16.4 Å². The van der Waals surface area contributed by atoms with Gasteiger partial charge in [-0.3, -0.25) is 10.3 Å². The number of rotatable bonds is 3. The van der Waals surface area contributed by atoms with E-state index in [9.17, 15) is 0 Å². The van der Waals surface area contributed by atoms with Gasteiger partial charge in [0.1, 0.15) is 0 Å². The molecule has 1 aliphatic heterocycles. The second-order valence-electron chi connectivity index (χ2n) is 5.38. The average molecular weight is 310 g/mol. The van der Waals surface area contributed by atoms with Crippen molar-refractivity contribution in [3.8, 4) is 0 Å². The van der Waals surface area contributed by atoms with Crippen LogP contribution in [0.3, 0.4) is 0 Å². The van der Waals surface area contributed by atoms with Crippen LogP contribution in [0.5, 0.6) is 0 Å². The molecule has 0 atom stereocenters. The molecule has 2 rings (SSSR count). The summed E-state index contributed by atoms with van der Waals surface area (Å²) < 4.78 is 1.12. The van der Waals surface area contributed by atoms with E-state index < -0.39 is 0 Å².